The number of hydrogen-bond acceptors (Lipinski definition) is 6. The molecule has 2 aromatic carbocycles. The number of aliphatic imine (C=N–C) groups is 1. The van der Waals surface area contributed by atoms with Gasteiger partial charge in [-0.3, -0.25) is 0 Å². The number of hydrogen-bond donors (Lipinski definition) is 1. The predicted octanol–water partition coefficient (Wildman–Crippen LogP) is 4.17. The smallest absolute Gasteiger partial charge is 0.336 e. The van der Waals surface area contributed by atoms with Crippen LogP contribution in [0.15, 0.2) is 56.7 Å². The van der Waals surface area contributed by atoms with Gasteiger partial charge in [0.25, 0.3) is 0 Å². The van der Waals surface area contributed by atoms with Gasteiger partial charge in [0.05, 0.1) is 15.8 Å². The monoisotopic (exact) mass is 336 g/mol. The van der Waals surface area contributed by atoms with Crippen LogP contribution >= 0.6 is 11.3 Å². The van der Waals surface area contributed by atoms with Crippen molar-refractivity contribution in [2.24, 2.45) is 4.99 Å². The van der Waals surface area contributed by atoms with Crippen LogP contribution in [0.2, 0.25) is 0 Å². The lowest BCUT2D eigenvalue weighted by Crippen LogP contribution is -2.00. The van der Waals surface area contributed by atoms with Crippen LogP contribution in [0.1, 0.15) is 11.1 Å². The Morgan fingerprint density at radius 2 is 2.08 bits per heavy atom. The lowest BCUT2D eigenvalue weighted by molar-refractivity contribution is 0.472. The lowest BCUT2D eigenvalue weighted by Gasteiger charge is -2.05. The van der Waals surface area contributed by atoms with Crippen LogP contribution in [-0.4, -0.2) is 16.3 Å². The Balaban J connectivity index is 1.86. The molecule has 24 heavy (non-hydrogen) atoms. The first-order valence-electron chi connectivity index (χ1n) is 7.28. The fourth-order valence-electron chi connectivity index (χ4n) is 2.55. The molecule has 1 N–H and O–H groups in total. The number of aromatic hydroxyl groups is 1. The highest BCUT2D eigenvalue weighted by Crippen LogP contribution is 2.30. The van der Waals surface area contributed by atoms with Gasteiger partial charge in [0.15, 0.2) is 5.58 Å². The molecule has 6 heteroatoms. The second-order valence-corrected chi connectivity index (χ2v) is 6.35. The second-order valence-electron chi connectivity index (χ2n) is 5.35. The van der Waals surface area contributed by atoms with Crippen LogP contribution in [0.5, 0.6) is 5.75 Å². The minimum absolute atomic E-state index is 0.00103. The van der Waals surface area contributed by atoms with E-state index in [0.29, 0.717) is 16.3 Å². The highest BCUT2D eigenvalue weighted by Gasteiger charge is 2.11. The average Bonchev–Trinajstić information content (AvgIpc) is 2.96. The summed E-state index contributed by atoms with van der Waals surface area (Å²) in [6.45, 7) is 1.82. The average molecular weight is 336 g/mol. The van der Waals surface area contributed by atoms with Gasteiger partial charge in [-0.1, -0.05) is 23.5 Å². The van der Waals surface area contributed by atoms with Crippen LogP contribution in [0.4, 0.5) is 5.13 Å². The molecule has 2 heterocycles. The molecule has 0 amide bonds. The van der Waals surface area contributed by atoms with E-state index in [-0.39, 0.29) is 5.75 Å². The Bertz CT molecular complexity index is 1130. The van der Waals surface area contributed by atoms with E-state index in [1.54, 1.807) is 12.1 Å². The fraction of sp³-hybridized carbons (Fsp3) is 0.0556. The van der Waals surface area contributed by atoms with Gasteiger partial charge < -0.3 is 9.52 Å². The molecule has 4 aromatic rings. The predicted molar refractivity (Wildman–Crippen MR) is 95.8 cm³/mol. The first-order valence-corrected chi connectivity index (χ1v) is 8.09. The fourth-order valence-corrected chi connectivity index (χ4v) is 3.36. The highest BCUT2D eigenvalue weighted by atomic mass is 32.1. The van der Waals surface area contributed by atoms with Crippen molar-refractivity contribution in [1.82, 2.24) is 4.98 Å². The number of phenols is 1. The van der Waals surface area contributed by atoms with E-state index in [1.165, 1.54) is 23.6 Å². The molecular weight excluding hydrogens is 324 g/mol. The van der Waals surface area contributed by atoms with Gasteiger partial charge in [-0.15, -0.1) is 0 Å². The number of para-hydroxylation sites is 1. The third kappa shape index (κ3) is 2.47. The quantitative estimate of drug-likeness (QED) is 0.440. The van der Waals surface area contributed by atoms with Gasteiger partial charge in [-0.2, -0.15) is 0 Å². The molecule has 0 aliphatic carbocycles. The van der Waals surface area contributed by atoms with Crippen molar-refractivity contribution in [3.05, 3.63) is 64.0 Å². The van der Waals surface area contributed by atoms with Gasteiger partial charge in [0.1, 0.15) is 5.75 Å². The molecule has 0 saturated heterocycles. The van der Waals surface area contributed by atoms with E-state index in [1.807, 2.05) is 31.2 Å². The molecule has 0 unspecified atom stereocenters. The molecule has 0 fully saturated rings. The topological polar surface area (TPSA) is 75.7 Å². The largest absolute Gasteiger partial charge is 0.507 e. The van der Waals surface area contributed by atoms with Crippen molar-refractivity contribution in [2.45, 2.75) is 6.92 Å². The van der Waals surface area contributed by atoms with Crippen LogP contribution in [0.3, 0.4) is 0 Å². The summed E-state index contributed by atoms with van der Waals surface area (Å²) in [6.07, 6.45) is 1.48. The maximum atomic E-state index is 11.7. The Morgan fingerprint density at radius 1 is 1.25 bits per heavy atom. The molecule has 0 saturated carbocycles. The van der Waals surface area contributed by atoms with Crippen molar-refractivity contribution in [2.75, 3.05) is 0 Å². The molecule has 5 nitrogen and oxygen atoms in total. The molecule has 2 aromatic heterocycles. The van der Waals surface area contributed by atoms with Crippen molar-refractivity contribution in [1.29, 1.82) is 0 Å². The summed E-state index contributed by atoms with van der Waals surface area (Å²) >= 11 is 1.45. The molecule has 0 aliphatic heterocycles. The maximum Gasteiger partial charge on any atom is 0.336 e. The highest BCUT2D eigenvalue weighted by molar-refractivity contribution is 7.22. The van der Waals surface area contributed by atoms with E-state index in [0.717, 1.165) is 21.2 Å². The number of phenolic OH excluding ortho intramolecular Hbond substituents is 1. The van der Waals surface area contributed by atoms with Crippen LogP contribution < -0.4 is 5.63 Å². The Morgan fingerprint density at radius 3 is 2.92 bits per heavy atom. The zero-order valence-corrected chi connectivity index (χ0v) is 13.5. The first-order chi connectivity index (χ1) is 11.6. The number of nitrogens with zero attached hydrogens (tertiary/aromatic N) is 2. The Labute approximate surface area is 140 Å². The second kappa shape index (κ2) is 5.58. The number of benzene rings is 2. The van der Waals surface area contributed by atoms with Gasteiger partial charge in [-0.05, 0) is 36.8 Å². The third-order valence-corrected chi connectivity index (χ3v) is 4.67. The van der Waals surface area contributed by atoms with Crippen molar-refractivity contribution < 1.29 is 9.52 Å². The summed E-state index contributed by atoms with van der Waals surface area (Å²) in [4.78, 5) is 20.4. The van der Waals surface area contributed by atoms with E-state index < -0.39 is 5.63 Å². The lowest BCUT2D eigenvalue weighted by atomic mass is 10.1. The molecule has 4 rings (SSSR count). The first kappa shape index (κ1) is 14.6. The summed E-state index contributed by atoms with van der Waals surface area (Å²) in [7, 11) is 0. The van der Waals surface area contributed by atoms with E-state index in [2.05, 4.69) is 9.98 Å². The zero-order valence-electron chi connectivity index (χ0n) is 12.7. The number of thiazole rings is 1. The molecule has 0 bridgehead atoms. The van der Waals surface area contributed by atoms with Gasteiger partial charge in [0.2, 0.25) is 5.13 Å². The zero-order chi connectivity index (χ0) is 16.7. The maximum absolute atomic E-state index is 11.7. The van der Waals surface area contributed by atoms with E-state index in [4.69, 9.17) is 4.42 Å². The Hall–Kier alpha value is -2.99. The summed E-state index contributed by atoms with van der Waals surface area (Å²) in [5, 5.41) is 11.5. The minimum Gasteiger partial charge on any atom is -0.507 e. The summed E-state index contributed by atoms with van der Waals surface area (Å²) in [5.74, 6) is 0.00103. The molecule has 0 radical (unpaired) electrons. The molecular formula is C18H12N2O3S. The number of fused-ring (bicyclic) bond motifs is 2. The van der Waals surface area contributed by atoms with Crippen molar-refractivity contribution >= 4 is 43.9 Å². The van der Waals surface area contributed by atoms with Crippen molar-refractivity contribution in [3.63, 3.8) is 0 Å². The molecule has 0 aliphatic rings. The molecule has 0 spiro atoms. The van der Waals surface area contributed by atoms with E-state index in [9.17, 15) is 9.90 Å². The van der Waals surface area contributed by atoms with E-state index >= 15 is 0 Å². The normalized spacial score (nSPS) is 11.7. The number of aromatic nitrogens is 1. The van der Waals surface area contributed by atoms with Crippen LogP contribution in [0.25, 0.3) is 21.2 Å². The summed E-state index contributed by atoms with van der Waals surface area (Å²) in [6, 6.07) is 12.5. The van der Waals surface area contributed by atoms with Gasteiger partial charge >= 0.3 is 5.63 Å². The summed E-state index contributed by atoms with van der Waals surface area (Å²) < 4.78 is 6.31. The number of aryl methyl sites for hydroxylation is 1. The Kier molecular flexibility index (Phi) is 3.39. The van der Waals surface area contributed by atoms with Crippen LogP contribution in [-0.2, 0) is 0 Å². The molecule has 118 valence electrons. The van der Waals surface area contributed by atoms with Gasteiger partial charge in [0, 0.05) is 17.7 Å². The number of rotatable bonds is 2. The minimum atomic E-state index is -0.458. The standard InChI is InChI=1S/C18H12N2O3S/c1-10-8-16(22)23-17-11(10)6-7-14(21)12(17)9-19-18-20-13-4-2-3-5-15(13)24-18/h2-9,21H,1H3/b19-9+. The van der Waals surface area contributed by atoms with Gasteiger partial charge in [-0.25, -0.2) is 14.8 Å². The SMILES string of the molecule is Cc1cc(=O)oc2c(/C=N/c3nc4ccccc4s3)c(O)ccc12. The molecule has 0 atom stereocenters. The van der Waals surface area contributed by atoms with Crippen molar-refractivity contribution in [3.8, 4) is 5.75 Å². The summed E-state index contributed by atoms with van der Waals surface area (Å²) in [5.41, 5.74) is 1.90. The van der Waals surface area contributed by atoms with Crippen LogP contribution in [0, 0.1) is 6.92 Å². The third-order valence-electron chi connectivity index (χ3n) is 3.72.